The zero-order chi connectivity index (χ0) is 12.4. The van der Waals surface area contributed by atoms with E-state index in [2.05, 4.69) is 15.9 Å². The highest BCUT2D eigenvalue weighted by Crippen LogP contribution is 2.29. The first-order valence-corrected chi connectivity index (χ1v) is 6.04. The van der Waals surface area contributed by atoms with E-state index in [1.165, 1.54) is 0 Å². The van der Waals surface area contributed by atoms with Gasteiger partial charge in [-0.05, 0) is 40.0 Å². The minimum atomic E-state index is -0.422. The summed E-state index contributed by atoms with van der Waals surface area (Å²) in [6.07, 6.45) is 0. The number of benzene rings is 2. The van der Waals surface area contributed by atoms with Crippen molar-refractivity contribution in [2.24, 2.45) is 5.73 Å². The molecule has 2 aromatic carbocycles. The highest BCUT2D eigenvalue weighted by Gasteiger charge is 2.13. The highest BCUT2D eigenvalue weighted by molar-refractivity contribution is 9.10. The third-order valence-corrected chi connectivity index (χ3v) is 3.25. The first-order valence-electron chi connectivity index (χ1n) is 5.25. The molecule has 0 heterocycles. The summed E-state index contributed by atoms with van der Waals surface area (Å²) in [5.74, 6) is -0.422. The molecule has 1 amide bonds. The van der Waals surface area contributed by atoms with Gasteiger partial charge in [-0.25, -0.2) is 0 Å². The summed E-state index contributed by atoms with van der Waals surface area (Å²) in [6.45, 7) is 2.02. The molecule has 0 spiro atoms. The van der Waals surface area contributed by atoms with Crippen LogP contribution >= 0.6 is 15.9 Å². The van der Waals surface area contributed by atoms with Gasteiger partial charge in [-0.2, -0.15) is 0 Å². The van der Waals surface area contributed by atoms with Crippen LogP contribution in [0.15, 0.2) is 46.9 Å². The molecule has 0 saturated carbocycles. The Bertz CT molecular complexity index is 578. The Morgan fingerprint density at radius 1 is 1.18 bits per heavy atom. The van der Waals surface area contributed by atoms with E-state index in [0.717, 1.165) is 21.2 Å². The van der Waals surface area contributed by atoms with Crippen LogP contribution in [-0.2, 0) is 0 Å². The number of rotatable bonds is 2. The second kappa shape index (κ2) is 4.72. The standard InChI is InChI=1S/C14H12BrNO/c1-9-4-2-5-10(8-9)11-6-3-7-12(15)13(11)14(16)17/h2-8H,1H3,(H2,16,17). The zero-order valence-corrected chi connectivity index (χ0v) is 11.0. The molecule has 0 bridgehead atoms. The number of hydrogen-bond donors (Lipinski definition) is 1. The van der Waals surface area contributed by atoms with Gasteiger partial charge in [-0.3, -0.25) is 4.79 Å². The average Bonchev–Trinajstić information content (AvgIpc) is 2.28. The van der Waals surface area contributed by atoms with Crippen molar-refractivity contribution in [3.8, 4) is 11.1 Å². The molecule has 0 unspecified atom stereocenters. The molecule has 3 heteroatoms. The normalized spacial score (nSPS) is 10.2. The number of primary amides is 1. The van der Waals surface area contributed by atoms with Crippen molar-refractivity contribution in [3.05, 3.63) is 58.1 Å². The summed E-state index contributed by atoms with van der Waals surface area (Å²) in [5.41, 5.74) is 8.96. The van der Waals surface area contributed by atoms with Crippen LogP contribution in [-0.4, -0.2) is 5.91 Å². The van der Waals surface area contributed by atoms with E-state index in [0.29, 0.717) is 5.56 Å². The lowest BCUT2D eigenvalue weighted by Crippen LogP contribution is -2.13. The lowest BCUT2D eigenvalue weighted by atomic mass is 9.98. The van der Waals surface area contributed by atoms with Gasteiger partial charge in [0.05, 0.1) is 5.56 Å². The molecule has 2 nitrogen and oxygen atoms in total. The fourth-order valence-corrected chi connectivity index (χ4v) is 2.39. The third kappa shape index (κ3) is 2.39. The van der Waals surface area contributed by atoms with Crippen molar-refractivity contribution in [1.29, 1.82) is 0 Å². The van der Waals surface area contributed by atoms with E-state index in [1.807, 2.05) is 49.4 Å². The minimum Gasteiger partial charge on any atom is -0.366 e. The van der Waals surface area contributed by atoms with Gasteiger partial charge in [0, 0.05) is 4.47 Å². The zero-order valence-electron chi connectivity index (χ0n) is 9.41. The predicted molar refractivity (Wildman–Crippen MR) is 72.8 cm³/mol. The number of aryl methyl sites for hydroxylation is 1. The van der Waals surface area contributed by atoms with Crippen molar-refractivity contribution in [2.45, 2.75) is 6.92 Å². The van der Waals surface area contributed by atoms with Gasteiger partial charge in [0.25, 0.3) is 0 Å². The highest BCUT2D eigenvalue weighted by atomic mass is 79.9. The molecule has 86 valence electrons. The maximum Gasteiger partial charge on any atom is 0.250 e. The Morgan fingerprint density at radius 2 is 1.88 bits per heavy atom. The molecular formula is C14H12BrNO. The predicted octanol–water partition coefficient (Wildman–Crippen LogP) is 3.52. The third-order valence-electron chi connectivity index (χ3n) is 2.59. The van der Waals surface area contributed by atoms with Gasteiger partial charge in [0.1, 0.15) is 0 Å². The SMILES string of the molecule is Cc1cccc(-c2cccc(Br)c2C(N)=O)c1. The second-order valence-electron chi connectivity index (χ2n) is 3.90. The molecule has 0 fully saturated rings. The summed E-state index contributed by atoms with van der Waals surface area (Å²) < 4.78 is 0.726. The molecular weight excluding hydrogens is 278 g/mol. The minimum absolute atomic E-state index is 0.422. The molecule has 0 aliphatic rings. The maximum atomic E-state index is 11.5. The summed E-state index contributed by atoms with van der Waals surface area (Å²) >= 11 is 3.36. The van der Waals surface area contributed by atoms with E-state index >= 15 is 0 Å². The number of halogens is 1. The molecule has 2 aromatic rings. The lowest BCUT2D eigenvalue weighted by Gasteiger charge is -2.09. The Hall–Kier alpha value is -1.61. The van der Waals surface area contributed by atoms with Crippen LogP contribution < -0.4 is 5.73 Å². The van der Waals surface area contributed by atoms with Gasteiger partial charge >= 0.3 is 0 Å². The monoisotopic (exact) mass is 289 g/mol. The van der Waals surface area contributed by atoms with E-state index in [9.17, 15) is 4.79 Å². The molecule has 0 aliphatic carbocycles. The maximum absolute atomic E-state index is 11.5. The van der Waals surface area contributed by atoms with E-state index in [-0.39, 0.29) is 0 Å². The Labute approximate surface area is 109 Å². The van der Waals surface area contributed by atoms with Gasteiger partial charge in [0.15, 0.2) is 0 Å². The summed E-state index contributed by atoms with van der Waals surface area (Å²) in [5, 5.41) is 0. The quantitative estimate of drug-likeness (QED) is 0.903. The molecule has 17 heavy (non-hydrogen) atoms. The second-order valence-corrected chi connectivity index (χ2v) is 4.75. The molecule has 0 aliphatic heterocycles. The van der Waals surface area contributed by atoms with Crippen molar-refractivity contribution in [1.82, 2.24) is 0 Å². The van der Waals surface area contributed by atoms with Crippen LogP contribution in [0, 0.1) is 6.92 Å². The number of amides is 1. The van der Waals surface area contributed by atoms with Gasteiger partial charge in [-0.15, -0.1) is 0 Å². The van der Waals surface area contributed by atoms with E-state index < -0.39 is 5.91 Å². The van der Waals surface area contributed by atoms with Crippen molar-refractivity contribution in [2.75, 3.05) is 0 Å². The fraction of sp³-hybridized carbons (Fsp3) is 0.0714. The Morgan fingerprint density at radius 3 is 2.53 bits per heavy atom. The summed E-state index contributed by atoms with van der Waals surface area (Å²) in [7, 11) is 0. The molecule has 2 N–H and O–H groups in total. The molecule has 0 radical (unpaired) electrons. The van der Waals surface area contributed by atoms with Crippen molar-refractivity contribution in [3.63, 3.8) is 0 Å². The summed E-state index contributed by atoms with van der Waals surface area (Å²) in [4.78, 5) is 11.5. The number of carbonyl (C=O) groups is 1. The van der Waals surface area contributed by atoms with Crippen LogP contribution in [0.25, 0.3) is 11.1 Å². The van der Waals surface area contributed by atoms with Crippen LogP contribution in [0.5, 0.6) is 0 Å². The average molecular weight is 290 g/mol. The van der Waals surface area contributed by atoms with Crippen molar-refractivity contribution >= 4 is 21.8 Å². The van der Waals surface area contributed by atoms with Crippen LogP contribution in [0.1, 0.15) is 15.9 Å². The van der Waals surface area contributed by atoms with Crippen molar-refractivity contribution < 1.29 is 4.79 Å². The molecule has 0 atom stereocenters. The van der Waals surface area contributed by atoms with Crippen LogP contribution in [0.4, 0.5) is 0 Å². The van der Waals surface area contributed by atoms with E-state index in [4.69, 9.17) is 5.73 Å². The number of carbonyl (C=O) groups excluding carboxylic acids is 1. The van der Waals surface area contributed by atoms with Crippen LogP contribution in [0.3, 0.4) is 0 Å². The lowest BCUT2D eigenvalue weighted by molar-refractivity contribution is 0.1000. The Balaban J connectivity index is 2.67. The van der Waals surface area contributed by atoms with Gasteiger partial charge in [0.2, 0.25) is 5.91 Å². The molecule has 2 rings (SSSR count). The molecule has 0 saturated heterocycles. The first kappa shape index (κ1) is 11.9. The topological polar surface area (TPSA) is 43.1 Å². The Kier molecular flexibility index (Phi) is 3.29. The van der Waals surface area contributed by atoms with E-state index in [1.54, 1.807) is 0 Å². The van der Waals surface area contributed by atoms with Gasteiger partial charge in [-0.1, -0.05) is 42.0 Å². The van der Waals surface area contributed by atoms with Gasteiger partial charge < -0.3 is 5.73 Å². The molecule has 0 aromatic heterocycles. The number of hydrogen-bond acceptors (Lipinski definition) is 1. The number of nitrogens with two attached hydrogens (primary N) is 1. The smallest absolute Gasteiger partial charge is 0.250 e. The largest absolute Gasteiger partial charge is 0.366 e. The van der Waals surface area contributed by atoms with Crippen LogP contribution in [0.2, 0.25) is 0 Å². The first-order chi connectivity index (χ1) is 8.09. The fourth-order valence-electron chi connectivity index (χ4n) is 1.83. The summed E-state index contributed by atoms with van der Waals surface area (Å²) in [6, 6.07) is 13.6.